The standard InChI is InChI=1S/C17H16N2O2S2/c1-18(2)13-7-5-12(6-8-13)10-15-16(20)19(17(22)23-15)11-14-4-3-9-21-14/h3-10H,11H2,1-2H3/b15-10-. The molecule has 2 aromatic rings. The van der Waals surface area contributed by atoms with E-state index in [1.807, 2.05) is 55.4 Å². The van der Waals surface area contributed by atoms with Crippen LogP contribution in [-0.2, 0) is 11.3 Å². The Balaban J connectivity index is 1.78. The van der Waals surface area contributed by atoms with Gasteiger partial charge < -0.3 is 9.32 Å². The normalized spacial score (nSPS) is 16.4. The molecule has 0 radical (unpaired) electrons. The molecule has 6 heteroatoms. The minimum Gasteiger partial charge on any atom is -0.467 e. The second-order valence-electron chi connectivity index (χ2n) is 5.33. The number of furan rings is 1. The summed E-state index contributed by atoms with van der Waals surface area (Å²) in [5.41, 5.74) is 2.10. The topological polar surface area (TPSA) is 36.7 Å². The highest BCUT2D eigenvalue weighted by Crippen LogP contribution is 2.33. The number of nitrogens with zero attached hydrogens (tertiary/aromatic N) is 2. The van der Waals surface area contributed by atoms with Crippen LogP contribution in [0.1, 0.15) is 11.3 Å². The number of hydrogen-bond donors (Lipinski definition) is 0. The summed E-state index contributed by atoms with van der Waals surface area (Å²) in [6.45, 7) is 0.370. The van der Waals surface area contributed by atoms with Crippen molar-refractivity contribution in [3.8, 4) is 0 Å². The fraction of sp³-hybridized carbons (Fsp3) is 0.176. The zero-order chi connectivity index (χ0) is 16.4. The maximum atomic E-state index is 12.5. The molecule has 0 aliphatic carbocycles. The summed E-state index contributed by atoms with van der Waals surface area (Å²) in [6.07, 6.45) is 3.47. The lowest BCUT2D eigenvalue weighted by Gasteiger charge is -2.12. The van der Waals surface area contributed by atoms with Gasteiger partial charge in [0, 0.05) is 19.8 Å². The Kier molecular flexibility index (Phi) is 4.54. The van der Waals surface area contributed by atoms with Crippen molar-refractivity contribution in [3.05, 3.63) is 58.9 Å². The van der Waals surface area contributed by atoms with Crippen LogP contribution in [0.5, 0.6) is 0 Å². The number of thioether (sulfide) groups is 1. The Morgan fingerprint density at radius 2 is 2.00 bits per heavy atom. The maximum Gasteiger partial charge on any atom is 0.266 e. The summed E-state index contributed by atoms with van der Waals surface area (Å²) in [7, 11) is 3.99. The lowest BCUT2D eigenvalue weighted by atomic mass is 10.2. The number of amides is 1. The SMILES string of the molecule is CN(C)c1ccc(/C=C2\SC(=S)N(Cc3ccco3)C2=O)cc1. The van der Waals surface area contributed by atoms with Gasteiger partial charge in [0.1, 0.15) is 10.1 Å². The van der Waals surface area contributed by atoms with Gasteiger partial charge in [-0.3, -0.25) is 9.69 Å². The third-order valence-electron chi connectivity index (χ3n) is 3.47. The number of carbonyl (C=O) groups excluding carboxylic acids is 1. The van der Waals surface area contributed by atoms with E-state index in [1.54, 1.807) is 17.2 Å². The van der Waals surface area contributed by atoms with Crippen molar-refractivity contribution < 1.29 is 9.21 Å². The van der Waals surface area contributed by atoms with Gasteiger partial charge in [0.05, 0.1) is 17.7 Å². The Bertz CT molecular complexity index is 749. The molecule has 1 fully saturated rings. The highest BCUT2D eigenvalue weighted by atomic mass is 32.2. The van der Waals surface area contributed by atoms with Crippen LogP contribution in [0.3, 0.4) is 0 Å². The first kappa shape index (κ1) is 15.8. The number of anilines is 1. The molecule has 0 bridgehead atoms. The first-order valence-electron chi connectivity index (χ1n) is 7.10. The van der Waals surface area contributed by atoms with Crippen LogP contribution in [0, 0.1) is 0 Å². The van der Waals surface area contributed by atoms with Gasteiger partial charge in [-0.2, -0.15) is 0 Å². The van der Waals surface area contributed by atoms with E-state index in [0.29, 0.717) is 15.8 Å². The summed E-state index contributed by atoms with van der Waals surface area (Å²) < 4.78 is 5.85. The number of thiocarbonyl (C=S) groups is 1. The van der Waals surface area contributed by atoms with Crippen LogP contribution in [0.15, 0.2) is 52.0 Å². The van der Waals surface area contributed by atoms with E-state index in [4.69, 9.17) is 16.6 Å². The van der Waals surface area contributed by atoms with Crippen LogP contribution in [0.4, 0.5) is 5.69 Å². The van der Waals surface area contributed by atoms with E-state index in [0.717, 1.165) is 17.0 Å². The van der Waals surface area contributed by atoms with Crippen molar-refractivity contribution in [2.75, 3.05) is 19.0 Å². The van der Waals surface area contributed by atoms with E-state index >= 15 is 0 Å². The smallest absolute Gasteiger partial charge is 0.266 e. The molecule has 1 aliphatic heterocycles. The van der Waals surface area contributed by atoms with Crippen LogP contribution >= 0.6 is 24.0 Å². The minimum absolute atomic E-state index is 0.0758. The molecule has 118 valence electrons. The summed E-state index contributed by atoms with van der Waals surface area (Å²) in [5.74, 6) is 0.644. The first-order valence-corrected chi connectivity index (χ1v) is 8.32. The lowest BCUT2D eigenvalue weighted by molar-refractivity contribution is -0.122. The van der Waals surface area contributed by atoms with Crippen molar-refractivity contribution in [1.29, 1.82) is 0 Å². The molecule has 0 unspecified atom stereocenters. The van der Waals surface area contributed by atoms with Crippen LogP contribution in [0.2, 0.25) is 0 Å². The van der Waals surface area contributed by atoms with Gasteiger partial charge in [0.25, 0.3) is 5.91 Å². The molecule has 0 saturated carbocycles. The fourth-order valence-corrected chi connectivity index (χ4v) is 3.47. The molecule has 1 aromatic carbocycles. The first-order chi connectivity index (χ1) is 11.0. The summed E-state index contributed by atoms with van der Waals surface area (Å²) >= 11 is 6.64. The Hall–Kier alpha value is -2.05. The summed E-state index contributed by atoms with van der Waals surface area (Å²) in [4.78, 5) is 16.8. The van der Waals surface area contributed by atoms with Gasteiger partial charge in [0.15, 0.2) is 0 Å². The van der Waals surface area contributed by atoms with Crippen LogP contribution in [0.25, 0.3) is 6.08 Å². The summed E-state index contributed by atoms with van der Waals surface area (Å²) in [5, 5.41) is 0. The number of hydrogen-bond acceptors (Lipinski definition) is 5. The highest BCUT2D eigenvalue weighted by Gasteiger charge is 2.32. The van der Waals surface area contributed by atoms with Gasteiger partial charge in [-0.15, -0.1) is 0 Å². The van der Waals surface area contributed by atoms with Crippen LogP contribution < -0.4 is 4.90 Å². The molecule has 3 rings (SSSR count). The van der Waals surface area contributed by atoms with Crippen molar-refractivity contribution in [2.45, 2.75) is 6.54 Å². The third kappa shape index (κ3) is 3.48. The molecule has 23 heavy (non-hydrogen) atoms. The van der Waals surface area contributed by atoms with Gasteiger partial charge in [-0.25, -0.2) is 0 Å². The molecule has 2 heterocycles. The molecule has 0 atom stereocenters. The molecule has 0 spiro atoms. The molecular formula is C17H16N2O2S2. The number of benzene rings is 1. The predicted octanol–water partition coefficient (Wildman–Crippen LogP) is 3.75. The van der Waals surface area contributed by atoms with E-state index in [9.17, 15) is 4.79 Å². The largest absolute Gasteiger partial charge is 0.467 e. The Labute approximate surface area is 144 Å². The second-order valence-corrected chi connectivity index (χ2v) is 7.01. The predicted molar refractivity (Wildman–Crippen MR) is 98.2 cm³/mol. The maximum absolute atomic E-state index is 12.5. The van der Waals surface area contributed by atoms with Gasteiger partial charge in [-0.1, -0.05) is 36.1 Å². The summed E-state index contributed by atoms with van der Waals surface area (Å²) in [6, 6.07) is 11.7. The van der Waals surface area contributed by atoms with Crippen LogP contribution in [-0.4, -0.2) is 29.2 Å². The van der Waals surface area contributed by atoms with Crippen molar-refractivity contribution in [1.82, 2.24) is 4.90 Å². The Morgan fingerprint density at radius 1 is 1.26 bits per heavy atom. The zero-order valence-electron chi connectivity index (χ0n) is 12.9. The minimum atomic E-state index is -0.0758. The average molecular weight is 344 g/mol. The molecule has 4 nitrogen and oxygen atoms in total. The van der Waals surface area contributed by atoms with E-state index in [-0.39, 0.29) is 5.91 Å². The fourth-order valence-electron chi connectivity index (χ4n) is 2.21. The van der Waals surface area contributed by atoms with E-state index < -0.39 is 0 Å². The monoisotopic (exact) mass is 344 g/mol. The second kappa shape index (κ2) is 6.60. The molecule has 1 aliphatic rings. The zero-order valence-corrected chi connectivity index (χ0v) is 14.5. The van der Waals surface area contributed by atoms with Gasteiger partial charge in [-0.05, 0) is 35.9 Å². The molecule has 1 aromatic heterocycles. The molecule has 1 amide bonds. The van der Waals surface area contributed by atoms with E-state index in [1.165, 1.54) is 11.8 Å². The van der Waals surface area contributed by atoms with E-state index in [2.05, 4.69) is 0 Å². The van der Waals surface area contributed by atoms with Crippen molar-refractivity contribution in [3.63, 3.8) is 0 Å². The van der Waals surface area contributed by atoms with Crippen molar-refractivity contribution >= 4 is 46.0 Å². The van der Waals surface area contributed by atoms with Gasteiger partial charge >= 0.3 is 0 Å². The lowest BCUT2D eigenvalue weighted by Crippen LogP contribution is -2.27. The number of rotatable bonds is 4. The quantitative estimate of drug-likeness (QED) is 0.624. The molecule has 1 saturated heterocycles. The Morgan fingerprint density at radius 3 is 2.61 bits per heavy atom. The number of carbonyl (C=O) groups is 1. The molecular weight excluding hydrogens is 328 g/mol. The highest BCUT2D eigenvalue weighted by molar-refractivity contribution is 8.26. The van der Waals surface area contributed by atoms with Gasteiger partial charge in [0.2, 0.25) is 0 Å². The van der Waals surface area contributed by atoms with Crippen molar-refractivity contribution in [2.24, 2.45) is 0 Å². The molecule has 0 N–H and O–H groups in total. The average Bonchev–Trinajstić information content (AvgIpc) is 3.12. The third-order valence-corrected chi connectivity index (χ3v) is 4.85.